The highest BCUT2D eigenvalue weighted by molar-refractivity contribution is 7.11. The molecule has 0 saturated carbocycles. The van der Waals surface area contributed by atoms with Crippen LogP contribution in [0.5, 0.6) is 0 Å². The summed E-state index contributed by atoms with van der Waals surface area (Å²) in [7, 11) is 0. The van der Waals surface area contributed by atoms with Crippen LogP contribution >= 0.6 is 11.3 Å². The number of nitrogens with zero attached hydrogens (tertiary/aromatic N) is 1. The van der Waals surface area contributed by atoms with Crippen LogP contribution in [0.1, 0.15) is 53.1 Å². The third-order valence-electron chi connectivity index (χ3n) is 3.90. The minimum Gasteiger partial charge on any atom is -0.387 e. The summed E-state index contributed by atoms with van der Waals surface area (Å²) in [6, 6.07) is 8.56. The SMILES string of the molecule is Cc1cccc(Cc2nc3c(s2)C(O)CC(C)(C)C3)c1. The second-order valence-electron chi connectivity index (χ2n) is 6.65. The number of hydrogen-bond acceptors (Lipinski definition) is 3. The van der Waals surface area contributed by atoms with E-state index in [-0.39, 0.29) is 11.5 Å². The van der Waals surface area contributed by atoms with Crippen LogP contribution < -0.4 is 0 Å². The zero-order chi connectivity index (χ0) is 14.3. The fourth-order valence-electron chi connectivity index (χ4n) is 3.02. The Morgan fingerprint density at radius 1 is 1.40 bits per heavy atom. The van der Waals surface area contributed by atoms with Crippen LogP contribution in [0.15, 0.2) is 24.3 Å². The van der Waals surface area contributed by atoms with Gasteiger partial charge in [-0.1, -0.05) is 43.7 Å². The second kappa shape index (κ2) is 4.97. The average molecular weight is 287 g/mol. The van der Waals surface area contributed by atoms with Crippen LogP contribution in [0, 0.1) is 12.3 Å². The van der Waals surface area contributed by atoms with Gasteiger partial charge in [-0.2, -0.15) is 0 Å². The molecule has 1 N–H and O–H groups in total. The number of fused-ring (bicyclic) bond motifs is 1. The van der Waals surface area contributed by atoms with Gasteiger partial charge in [0.25, 0.3) is 0 Å². The van der Waals surface area contributed by atoms with E-state index in [9.17, 15) is 5.11 Å². The van der Waals surface area contributed by atoms with Gasteiger partial charge in [-0.25, -0.2) is 4.98 Å². The van der Waals surface area contributed by atoms with Gasteiger partial charge in [0.15, 0.2) is 0 Å². The number of thiazole rings is 1. The van der Waals surface area contributed by atoms with Crippen LogP contribution in [-0.4, -0.2) is 10.1 Å². The normalized spacial score (nSPS) is 20.7. The molecule has 2 aromatic rings. The predicted molar refractivity (Wildman–Crippen MR) is 83.2 cm³/mol. The maximum Gasteiger partial charge on any atom is 0.0975 e. The highest BCUT2D eigenvalue weighted by Crippen LogP contribution is 2.43. The molecule has 0 radical (unpaired) electrons. The molecule has 1 aliphatic carbocycles. The molecule has 3 heteroatoms. The molecule has 0 saturated heterocycles. The molecule has 1 aliphatic rings. The molecule has 1 aromatic heterocycles. The van der Waals surface area contributed by atoms with Crippen LogP contribution in [0.2, 0.25) is 0 Å². The van der Waals surface area contributed by atoms with Crippen LogP contribution in [-0.2, 0) is 12.8 Å². The number of benzene rings is 1. The van der Waals surface area contributed by atoms with Gasteiger partial charge in [-0.3, -0.25) is 0 Å². The number of aliphatic hydroxyl groups is 1. The van der Waals surface area contributed by atoms with E-state index in [1.165, 1.54) is 11.1 Å². The predicted octanol–water partition coefficient (Wildman–Crippen LogP) is 4.05. The molecule has 0 spiro atoms. The lowest BCUT2D eigenvalue weighted by molar-refractivity contribution is 0.102. The maximum atomic E-state index is 10.3. The average Bonchev–Trinajstić information content (AvgIpc) is 2.70. The van der Waals surface area contributed by atoms with E-state index < -0.39 is 0 Å². The molecule has 0 bridgehead atoms. The van der Waals surface area contributed by atoms with Crippen LogP contribution in [0.25, 0.3) is 0 Å². The van der Waals surface area contributed by atoms with Gasteiger partial charge in [0.1, 0.15) is 0 Å². The summed E-state index contributed by atoms with van der Waals surface area (Å²) in [6.45, 7) is 6.53. The lowest BCUT2D eigenvalue weighted by Crippen LogP contribution is -2.24. The summed E-state index contributed by atoms with van der Waals surface area (Å²) in [5, 5.41) is 11.4. The first-order valence-corrected chi connectivity index (χ1v) is 7.97. The molecule has 1 atom stereocenters. The lowest BCUT2D eigenvalue weighted by Gasteiger charge is -2.31. The van der Waals surface area contributed by atoms with Crippen LogP contribution in [0.3, 0.4) is 0 Å². The number of aryl methyl sites for hydroxylation is 1. The van der Waals surface area contributed by atoms with Crippen molar-refractivity contribution in [2.45, 2.75) is 46.1 Å². The van der Waals surface area contributed by atoms with Crippen molar-refractivity contribution in [1.29, 1.82) is 0 Å². The van der Waals surface area contributed by atoms with E-state index in [1.807, 2.05) is 0 Å². The van der Waals surface area contributed by atoms with Crippen molar-refractivity contribution in [2.75, 3.05) is 0 Å². The van der Waals surface area contributed by atoms with E-state index in [0.717, 1.165) is 34.8 Å². The Morgan fingerprint density at radius 2 is 2.20 bits per heavy atom. The molecular weight excluding hydrogens is 266 g/mol. The first-order valence-electron chi connectivity index (χ1n) is 7.15. The van der Waals surface area contributed by atoms with Crippen molar-refractivity contribution in [3.05, 3.63) is 51.0 Å². The Kier molecular flexibility index (Phi) is 3.43. The highest BCUT2D eigenvalue weighted by atomic mass is 32.1. The summed E-state index contributed by atoms with van der Waals surface area (Å²) >= 11 is 1.68. The van der Waals surface area contributed by atoms with Gasteiger partial charge in [-0.05, 0) is 30.7 Å². The molecule has 0 aliphatic heterocycles. The molecule has 0 fully saturated rings. The topological polar surface area (TPSA) is 33.1 Å². The zero-order valence-corrected chi connectivity index (χ0v) is 13.1. The second-order valence-corrected chi connectivity index (χ2v) is 7.76. The van der Waals surface area contributed by atoms with Gasteiger partial charge in [0, 0.05) is 6.42 Å². The Bertz CT molecular complexity index is 630. The van der Waals surface area contributed by atoms with Crippen molar-refractivity contribution in [3.63, 3.8) is 0 Å². The maximum absolute atomic E-state index is 10.3. The van der Waals surface area contributed by atoms with Crippen molar-refractivity contribution in [2.24, 2.45) is 5.41 Å². The summed E-state index contributed by atoms with van der Waals surface area (Å²) in [5.41, 5.74) is 3.84. The van der Waals surface area contributed by atoms with E-state index in [1.54, 1.807) is 11.3 Å². The van der Waals surface area contributed by atoms with Gasteiger partial charge < -0.3 is 5.11 Å². The molecule has 0 amide bonds. The summed E-state index contributed by atoms with van der Waals surface area (Å²) in [4.78, 5) is 5.87. The Morgan fingerprint density at radius 3 is 2.95 bits per heavy atom. The fourth-order valence-corrected chi connectivity index (χ4v) is 4.12. The molecular formula is C17H21NOS. The summed E-state index contributed by atoms with van der Waals surface area (Å²) in [5.74, 6) is 0. The molecule has 1 heterocycles. The lowest BCUT2D eigenvalue weighted by atomic mass is 9.77. The van der Waals surface area contributed by atoms with Gasteiger partial charge in [-0.15, -0.1) is 11.3 Å². The van der Waals surface area contributed by atoms with Crippen LogP contribution in [0.4, 0.5) is 0 Å². The minimum atomic E-state index is -0.336. The van der Waals surface area contributed by atoms with Crippen molar-refractivity contribution in [3.8, 4) is 0 Å². The Labute approximate surface area is 124 Å². The van der Waals surface area contributed by atoms with Gasteiger partial charge >= 0.3 is 0 Å². The third kappa shape index (κ3) is 2.79. The number of aliphatic hydroxyl groups excluding tert-OH is 1. The minimum absolute atomic E-state index is 0.154. The van der Waals surface area contributed by atoms with E-state index in [0.29, 0.717) is 0 Å². The van der Waals surface area contributed by atoms with Crippen molar-refractivity contribution >= 4 is 11.3 Å². The standard InChI is InChI=1S/C17H21NOS/c1-11-5-4-6-12(7-11)8-15-18-13-9-17(2,3)10-14(19)16(13)20-15/h4-7,14,19H,8-10H2,1-3H3. The highest BCUT2D eigenvalue weighted by Gasteiger charge is 2.33. The van der Waals surface area contributed by atoms with Crippen molar-refractivity contribution in [1.82, 2.24) is 4.98 Å². The molecule has 2 nitrogen and oxygen atoms in total. The summed E-state index contributed by atoms with van der Waals surface area (Å²) in [6.07, 6.45) is 2.35. The first-order chi connectivity index (χ1) is 9.43. The molecule has 1 aromatic carbocycles. The molecule has 106 valence electrons. The van der Waals surface area contributed by atoms with Crippen molar-refractivity contribution < 1.29 is 5.11 Å². The van der Waals surface area contributed by atoms with Gasteiger partial charge in [0.2, 0.25) is 0 Å². The third-order valence-corrected chi connectivity index (χ3v) is 5.10. The quantitative estimate of drug-likeness (QED) is 0.904. The van der Waals surface area contributed by atoms with E-state index >= 15 is 0 Å². The van der Waals surface area contributed by atoms with E-state index in [4.69, 9.17) is 4.98 Å². The smallest absolute Gasteiger partial charge is 0.0975 e. The Hall–Kier alpha value is -1.19. The molecule has 3 rings (SSSR count). The molecule has 1 unspecified atom stereocenters. The van der Waals surface area contributed by atoms with Gasteiger partial charge in [0.05, 0.1) is 21.7 Å². The fraction of sp³-hybridized carbons (Fsp3) is 0.471. The van der Waals surface area contributed by atoms with E-state index in [2.05, 4.69) is 45.0 Å². The molecule has 20 heavy (non-hydrogen) atoms. The largest absolute Gasteiger partial charge is 0.387 e. The zero-order valence-electron chi connectivity index (χ0n) is 12.3. The first kappa shape index (κ1) is 13.8. The summed E-state index contributed by atoms with van der Waals surface area (Å²) < 4.78 is 0. The number of rotatable bonds is 2. The Balaban J connectivity index is 1.87. The number of hydrogen-bond donors (Lipinski definition) is 1. The number of aromatic nitrogens is 1. The monoisotopic (exact) mass is 287 g/mol.